The number of likely N-dealkylation sites (tertiary alicyclic amines) is 2. The van der Waals surface area contributed by atoms with Crippen LogP contribution in [0.25, 0.3) is 0 Å². The van der Waals surface area contributed by atoms with Crippen molar-refractivity contribution in [3.8, 4) is 0 Å². The molecule has 1 atom stereocenters. The summed E-state index contributed by atoms with van der Waals surface area (Å²) in [7, 11) is 0. The normalized spacial score (nSPS) is 25.2. The molecular weight excluding hydrogens is 360 g/mol. The molecule has 0 saturated carbocycles. The fourth-order valence-corrected chi connectivity index (χ4v) is 5.28. The lowest BCUT2D eigenvalue weighted by Crippen LogP contribution is -2.52. The fourth-order valence-electron chi connectivity index (χ4n) is 5.28. The monoisotopic (exact) mass is 391 g/mol. The van der Waals surface area contributed by atoms with Gasteiger partial charge in [-0.2, -0.15) is 0 Å². The number of piperidine rings is 2. The summed E-state index contributed by atoms with van der Waals surface area (Å²) >= 11 is 0. The molecule has 154 valence electrons. The van der Waals surface area contributed by atoms with Crippen molar-refractivity contribution in [2.45, 2.75) is 57.0 Å². The number of alkyl halides is 2. The third kappa shape index (κ3) is 4.54. The van der Waals surface area contributed by atoms with Gasteiger partial charge in [-0.3, -0.25) is 14.6 Å². The van der Waals surface area contributed by atoms with E-state index in [9.17, 15) is 13.6 Å². The molecule has 2 fully saturated rings. The minimum absolute atomic E-state index is 0.144. The Morgan fingerprint density at radius 2 is 1.68 bits per heavy atom. The Kier molecular flexibility index (Phi) is 6.26. The van der Waals surface area contributed by atoms with Gasteiger partial charge in [0.1, 0.15) is 0 Å². The van der Waals surface area contributed by atoms with E-state index < -0.39 is 13.0 Å². The molecule has 0 spiro atoms. The number of halogens is 2. The molecule has 0 bridgehead atoms. The van der Waals surface area contributed by atoms with Crippen molar-refractivity contribution in [1.29, 1.82) is 0 Å². The number of benzene rings is 1. The first-order valence-corrected chi connectivity index (χ1v) is 10.7. The molecule has 3 aliphatic rings. The van der Waals surface area contributed by atoms with E-state index >= 15 is 0 Å². The molecule has 1 N–H and O–H groups in total. The van der Waals surface area contributed by atoms with E-state index in [0.717, 1.165) is 58.2 Å². The number of carbonyl (C=O) groups is 1. The molecule has 1 aliphatic carbocycles. The van der Waals surface area contributed by atoms with Gasteiger partial charge < -0.3 is 5.32 Å². The van der Waals surface area contributed by atoms with Gasteiger partial charge in [-0.15, -0.1) is 0 Å². The van der Waals surface area contributed by atoms with E-state index in [1.54, 1.807) is 0 Å². The summed E-state index contributed by atoms with van der Waals surface area (Å²) < 4.78 is 24.7. The Hall–Kier alpha value is -1.53. The predicted octanol–water partition coefficient (Wildman–Crippen LogP) is 2.71. The van der Waals surface area contributed by atoms with Crippen LogP contribution >= 0.6 is 0 Å². The zero-order valence-corrected chi connectivity index (χ0v) is 16.5. The number of rotatable bonds is 5. The molecule has 2 aliphatic heterocycles. The van der Waals surface area contributed by atoms with E-state index in [1.807, 2.05) is 0 Å². The second kappa shape index (κ2) is 8.87. The number of carbonyl (C=O) groups excluding carboxylic acids is 1. The van der Waals surface area contributed by atoms with Crippen LogP contribution in [-0.2, 0) is 17.6 Å². The van der Waals surface area contributed by atoms with Crippen LogP contribution in [0.1, 0.15) is 36.8 Å². The molecule has 0 radical (unpaired) electrons. The van der Waals surface area contributed by atoms with E-state index in [4.69, 9.17) is 0 Å². The summed E-state index contributed by atoms with van der Waals surface area (Å²) in [5.41, 5.74) is 3.01. The van der Waals surface area contributed by atoms with Crippen LogP contribution in [0.15, 0.2) is 24.3 Å². The topological polar surface area (TPSA) is 35.6 Å². The molecule has 1 aromatic rings. The Morgan fingerprint density at radius 1 is 1.00 bits per heavy atom. The van der Waals surface area contributed by atoms with Crippen molar-refractivity contribution in [1.82, 2.24) is 15.1 Å². The van der Waals surface area contributed by atoms with Crippen LogP contribution < -0.4 is 5.32 Å². The van der Waals surface area contributed by atoms with Gasteiger partial charge >= 0.3 is 0 Å². The van der Waals surface area contributed by atoms with Gasteiger partial charge in [0, 0.05) is 18.6 Å². The number of amides is 1. The minimum Gasteiger partial charge on any atom is -0.350 e. The van der Waals surface area contributed by atoms with Crippen molar-refractivity contribution in [2.75, 3.05) is 32.7 Å². The zero-order chi connectivity index (χ0) is 19.5. The summed E-state index contributed by atoms with van der Waals surface area (Å²) in [5, 5.41) is 2.40. The Balaban J connectivity index is 1.25. The largest absolute Gasteiger partial charge is 0.350 e. The van der Waals surface area contributed by atoms with Crippen LogP contribution in [0.5, 0.6) is 0 Å². The molecule has 2 heterocycles. The molecular formula is C22H31F2N3O. The van der Waals surface area contributed by atoms with E-state index in [1.165, 1.54) is 11.1 Å². The van der Waals surface area contributed by atoms with Gasteiger partial charge in [0.25, 0.3) is 6.43 Å². The molecule has 1 unspecified atom stereocenters. The quantitative estimate of drug-likeness (QED) is 0.838. The summed E-state index contributed by atoms with van der Waals surface area (Å²) in [4.78, 5) is 17.3. The highest BCUT2D eigenvalue weighted by molar-refractivity contribution is 5.79. The molecule has 4 nitrogen and oxygen atoms in total. The first kappa shape index (κ1) is 19.8. The first-order valence-electron chi connectivity index (χ1n) is 10.7. The summed E-state index contributed by atoms with van der Waals surface area (Å²) in [5.74, 6) is -0.346. The SMILES string of the molecule is O=C(NCC(F)F)C1CCCN(C2CCN(C3Cc4ccccc4C3)CC2)C1. The molecule has 28 heavy (non-hydrogen) atoms. The van der Waals surface area contributed by atoms with Crippen molar-refractivity contribution in [2.24, 2.45) is 5.92 Å². The van der Waals surface area contributed by atoms with E-state index in [-0.39, 0.29) is 11.8 Å². The summed E-state index contributed by atoms with van der Waals surface area (Å²) in [6.45, 7) is 3.44. The number of hydrogen-bond donors (Lipinski definition) is 1. The van der Waals surface area contributed by atoms with Crippen LogP contribution in [0.2, 0.25) is 0 Å². The Labute approximate surface area is 166 Å². The van der Waals surface area contributed by atoms with Crippen molar-refractivity contribution in [3.63, 3.8) is 0 Å². The maximum Gasteiger partial charge on any atom is 0.255 e. The average molecular weight is 392 g/mol. The van der Waals surface area contributed by atoms with Gasteiger partial charge in [-0.25, -0.2) is 8.78 Å². The predicted molar refractivity (Wildman–Crippen MR) is 106 cm³/mol. The van der Waals surface area contributed by atoms with Gasteiger partial charge in [0.2, 0.25) is 5.91 Å². The highest BCUT2D eigenvalue weighted by atomic mass is 19.3. The zero-order valence-electron chi connectivity index (χ0n) is 16.5. The Bertz CT molecular complexity index is 651. The second-order valence-electron chi connectivity index (χ2n) is 8.57. The first-order chi connectivity index (χ1) is 13.6. The van der Waals surface area contributed by atoms with Gasteiger partial charge in [0.05, 0.1) is 12.5 Å². The lowest BCUT2D eigenvalue weighted by molar-refractivity contribution is -0.127. The maximum atomic E-state index is 12.4. The van der Waals surface area contributed by atoms with Crippen LogP contribution in [-0.4, -0.2) is 66.9 Å². The Morgan fingerprint density at radius 3 is 2.32 bits per heavy atom. The number of nitrogens with zero attached hydrogens (tertiary/aromatic N) is 2. The number of nitrogens with one attached hydrogen (secondary N) is 1. The minimum atomic E-state index is -2.48. The summed E-state index contributed by atoms with van der Waals surface area (Å²) in [6, 6.07) is 9.94. The molecule has 1 aromatic carbocycles. The van der Waals surface area contributed by atoms with Crippen LogP contribution in [0, 0.1) is 5.92 Å². The third-order valence-corrected chi connectivity index (χ3v) is 6.82. The van der Waals surface area contributed by atoms with Crippen molar-refractivity contribution >= 4 is 5.91 Å². The fraction of sp³-hybridized carbons (Fsp3) is 0.682. The highest BCUT2D eigenvalue weighted by Crippen LogP contribution is 2.29. The van der Waals surface area contributed by atoms with Gasteiger partial charge in [0.15, 0.2) is 0 Å². The van der Waals surface area contributed by atoms with Crippen molar-refractivity contribution < 1.29 is 13.6 Å². The van der Waals surface area contributed by atoms with Crippen LogP contribution in [0.3, 0.4) is 0 Å². The molecule has 6 heteroatoms. The molecule has 2 saturated heterocycles. The lowest BCUT2D eigenvalue weighted by Gasteiger charge is -2.43. The van der Waals surface area contributed by atoms with Crippen molar-refractivity contribution in [3.05, 3.63) is 35.4 Å². The second-order valence-corrected chi connectivity index (χ2v) is 8.57. The van der Waals surface area contributed by atoms with E-state index in [2.05, 4.69) is 39.4 Å². The van der Waals surface area contributed by atoms with E-state index in [0.29, 0.717) is 18.6 Å². The van der Waals surface area contributed by atoms with Crippen LogP contribution in [0.4, 0.5) is 8.78 Å². The third-order valence-electron chi connectivity index (χ3n) is 6.82. The standard InChI is InChI=1S/C22H31F2N3O/c23-21(24)14-25-22(28)18-6-3-9-27(15-18)19-7-10-26(11-8-19)20-12-16-4-1-2-5-17(16)13-20/h1-2,4-5,18-21H,3,6-15H2,(H,25,28). The average Bonchev–Trinajstić information content (AvgIpc) is 3.16. The number of hydrogen-bond acceptors (Lipinski definition) is 3. The number of fused-ring (bicyclic) bond motifs is 1. The summed E-state index contributed by atoms with van der Waals surface area (Å²) in [6.07, 6.45) is 3.91. The molecule has 1 amide bonds. The lowest BCUT2D eigenvalue weighted by atomic mass is 9.92. The molecule has 0 aromatic heterocycles. The maximum absolute atomic E-state index is 12.4. The highest BCUT2D eigenvalue weighted by Gasteiger charge is 2.34. The smallest absolute Gasteiger partial charge is 0.255 e. The van der Waals surface area contributed by atoms with Gasteiger partial charge in [-0.05, 0) is 69.3 Å². The molecule has 4 rings (SSSR count). The van der Waals surface area contributed by atoms with Gasteiger partial charge in [-0.1, -0.05) is 24.3 Å².